The average Bonchev–Trinajstić information content (AvgIpc) is 3.00. The van der Waals surface area contributed by atoms with Gasteiger partial charge in [0.05, 0.1) is 11.0 Å². The van der Waals surface area contributed by atoms with Crippen LogP contribution in [0.25, 0.3) is 0 Å². The average molecular weight is 266 g/mol. The Morgan fingerprint density at radius 2 is 2.50 bits per heavy atom. The highest BCUT2D eigenvalue weighted by atomic mass is 32.1. The number of hydrogen-bond acceptors (Lipinski definition) is 5. The maximum atomic E-state index is 10.6. The van der Waals surface area contributed by atoms with Gasteiger partial charge in [0.2, 0.25) is 0 Å². The first-order valence-corrected chi connectivity index (χ1v) is 6.53. The summed E-state index contributed by atoms with van der Waals surface area (Å²) in [7, 11) is 0. The Bertz CT molecular complexity index is 509. The number of nitrogens with one attached hydrogen (secondary N) is 2. The second-order valence-corrected chi connectivity index (χ2v) is 4.76. The molecule has 6 nitrogen and oxygen atoms in total. The fourth-order valence-corrected chi connectivity index (χ4v) is 2.42. The molecule has 0 spiro atoms. The van der Waals surface area contributed by atoms with Crippen LogP contribution in [0, 0.1) is 10.1 Å². The molecule has 0 radical (unpaired) electrons. The molecule has 0 saturated carbocycles. The molecule has 1 atom stereocenters. The minimum Gasteiger partial charge on any atom is -0.347 e. The van der Waals surface area contributed by atoms with Gasteiger partial charge in [-0.15, -0.1) is 0 Å². The monoisotopic (exact) mass is 266 g/mol. The summed E-state index contributed by atoms with van der Waals surface area (Å²) >= 11 is 1.15. The third-order valence-electron chi connectivity index (χ3n) is 2.63. The van der Waals surface area contributed by atoms with Crippen LogP contribution in [0.3, 0.4) is 0 Å². The highest BCUT2D eigenvalue weighted by Gasteiger charge is 2.13. The van der Waals surface area contributed by atoms with Gasteiger partial charge in [0.1, 0.15) is 5.82 Å². The number of nitro groups is 1. The molecule has 0 aromatic carbocycles. The quantitative estimate of drug-likeness (QED) is 0.621. The van der Waals surface area contributed by atoms with E-state index < -0.39 is 0 Å². The number of aromatic nitrogens is 2. The van der Waals surface area contributed by atoms with Crippen LogP contribution in [0.1, 0.15) is 30.8 Å². The molecule has 96 valence electrons. The van der Waals surface area contributed by atoms with E-state index in [9.17, 15) is 10.1 Å². The van der Waals surface area contributed by atoms with Gasteiger partial charge in [-0.1, -0.05) is 18.3 Å². The van der Waals surface area contributed by atoms with Gasteiger partial charge in [-0.05, 0) is 12.0 Å². The van der Waals surface area contributed by atoms with Crippen LogP contribution < -0.4 is 5.32 Å². The fraction of sp³-hybridized carbons (Fsp3) is 0.364. The maximum Gasteiger partial charge on any atom is 0.324 e. The largest absolute Gasteiger partial charge is 0.347 e. The first-order valence-electron chi connectivity index (χ1n) is 5.65. The lowest BCUT2D eigenvalue weighted by Crippen LogP contribution is -2.21. The molecule has 2 heterocycles. The van der Waals surface area contributed by atoms with Crippen molar-refractivity contribution in [2.24, 2.45) is 0 Å². The molecule has 0 aliphatic carbocycles. The molecule has 2 rings (SSSR count). The predicted molar refractivity (Wildman–Crippen MR) is 69.4 cm³/mol. The lowest BCUT2D eigenvalue weighted by Gasteiger charge is -2.13. The van der Waals surface area contributed by atoms with Crippen LogP contribution >= 0.6 is 11.3 Å². The van der Waals surface area contributed by atoms with Crippen LogP contribution in [-0.2, 0) is 6.54 Å². The van der Waals surface area contributed by atoms with Crippen LogP contribution in [-0.4, -0.2) is 14.9 Å². The number of rotatable bonds is 6. The Hall–Kier alpha value is -1.73. The van der Waals surface area contributed by atoms with E-state index in [-0.39, 0.29) is 16.0 Å². The van der Waals surface area contributed by atoms with Crippen molar-refractivity contribution in [3.05, 3.63) is 45.3 Å². The van der Waals surface area contributed by atoms with Crippen molar-refractivity contribution in [3.8, 4) is 0 Å². The normalized spacial score (nSPS) is 12.5. The summed E-state index contributed by atoms with van der Waals surface area (Å²) < 4.78 is 0. The van der Waals surface area contributed by atoms with Crippen molar-refractivity contribution in [1.29, 1.82) is 0 Å². The van der Waals surface area contributed by atoms with E-state index in [1.165, 1.54) is 0 Å². The SMILES string of the molecule is CCC(NCc1csc([N+](=O)[O-])c1)c1ncc[nH]1. The summed E-state index contributed by atoms with van der Waals surface area (Å²) in [6, 6.07) is 1.74. The zero-order chi connectivity index (χ0) is 13.0. The van der Waals surface area contributed by atoms with E-state index in [1.807, 2.05) is 0 Å². The Morgan fingerprint density at radius 1 is 1.67 bits per heavy atom. The second-order valence-electron chi connectivity index (χ2n) is 3.87. The maximum absolute atomic E-state index is 10.6. The van der Waals surface area contributed by atoms with E-state index in [0.717, 1.165) is 29.1 Å². The standard InChI is InChI=1S/C11H14N4O2S/c1-2-9(11-12-3-4-13-11)14-6-8-5-10(15(16)17)18-7-8/h3-5,7,9,14H,2,6H2,1H3,(H,12,13). The minimum atomic E-state index is -0.363. The van der Waals surface area contributed by atoms with Crippen molar-refractivity contribution in [1.82, 2.24) is 15.3 Å². The summed E-state index contributed by atoms with van der Waals surface area (Å²) in [6.07, 6.45) is 4.41. The van der Waals surface area contributed by atoms with Crippen molar-refractivity contribution >= 4 is 16.3 Å². The van der Waals surface area contributed by atoms with E-state index in [0.29, 0.717) is 6.54 Å². The van der Waals surface area contributed by atoms with Crippen LogP contribution in [0.5, 0.6) is 0 Å². The molecule has 0 bridgehead atoms. The summed E-state index contributed by atoms with van der Waals surface area (Å²) in [5.74, 6) is 0.891. The number of imidazole rings is 1. The fourth-order valence-electron chi connectivity index (χ4n) is 1.69. The number of thiophene rings is 1. The Balaban J connectivity index is 1.95. The first-order chi connectivity index (χ1) is 8.70. The number of nitrogens with zero attached hydrogens (tertiary/aromatic N) is 2. The second kappa shape index (κ2) is 5.74. The van der Waals surface area contributed by atoms with Gasteiger partial charge in [0.15, 0.2) is 0 Å². The van der Waals surface area contributed by atoms with Gasteiger partial charge in [-0.3, -0.25) is 10.1 Å². The molecule has 2 aromatic rings. The van der Waals surface area contributed by atoms with Gasteiger partial charge < -0.3 is 10.3 Å². The van der Waals surface area contributed by atoms with Gasteiger partial charge >= 0.3 is 5.00 Å². The molecule has 7 heteroatoms. The summed E-state index contributed by atoms with van der Waals surface area (Å²) in [5.41, 5.74) is 0.928. The molecular weight excluding hydrogens is 252 g/mol. The molecule has 0 aliphatic rings. The van der Waals surface area contributed by atoms with Crippen LogP contribution in [0.2, 0.25) is 0 Å². The Morgan fingerprint density at radius 3 is 3.06 bits per heavy atom. The number of aromatic amines is 1. The predicted octanol–water partition coefficient (Wildman–Crippen LogP) is 2.62. The zero-order valence-corrected chi connectivity index (χ0v) is 10.7. The highest BCUT2D eigenvalue weighted by molar-refractivity contribution is 7.13. The minimum absolute atomic E-state index is 0.138. The first kappa shape index (κ1) is 12.7. The van der Waals surface area contributed by atoms with Gasteiger partial charge in [0, 0.05) is 30.4 Å². The van der Waals surface area contributed by atoms with Gasteiger partial charge in [-0.25, -0.2) is 4.98 Å². The molecule has 0 saturated heterocycles. The topological polar surface area (TPSA) is 83.8 Å². The lowest BCUT2D eigenvalue weighted by atomic mass is 10.2. The Labute approximate surface area is 108 Å². The van der Waals surface area contributed by atoms with Crippen LogP contribution in [0.4, 0.5) is 5.00 Å². The van der Waals surface area contributed by atoms with E-state index in [2.05, 4.69) is 22.2 Å². The summed E-state index contributed by atoms with van der Waals surface area (Å²) in [6.45, 7) is 2.67. The molecule has 0 fully saturated rings. The third kappa shape index (κ3) is 2.93. The van der Waals surface area contributed by atoms with Crippen molar-refractivity contribution in [2.45, 2.75) is 25.9 Å². The molecule has 18 heavy (non-hydrogen) atoms. The molecule has 2 N–H and O–H groups in total. The summed E-state index contributed by atoms with van der Waals surface area (Å²) in [4.78, 5) is 17.5. The van der Waals surface area contributed by atoms with E-state index in [4.69, 9.17) is 0 Å². The number of H-pyrrole nitrogens is 1. The summed E-state index contributed by atoms with van der Waals surface area (Å²) in [5, 5.41) is 15.9. The van der Waals surface area contributed by atoms with Gasteiger partial charge in [-0.2, -0.15) is 0 Å². The molecule has 0 amide bonds. The molecule has 0 aliphatic heterocycles. The van der Waals surface area contributed by atoms with Crippen LogP contribution in [0.15, 0.2) is 23.8 Å². The molecule has 1 unspecified atom stereocenters. The van der Waals surface area contributed by atoms with Crippen molar-refractivity contribution in [3.63, 3.8) is 0 Å². The van der Waals surface area contributed by atoms with E-state index in [1.54, 1.807) is 23.8 Å². The third-order valence-corrected chi connectivity index (χ3v) is 3.56. The van der Waals surface area contributed by atoms with Crippen molar-refractivity contribution in [2.75, 3.05) is 0 Å². The zero-order valence-electron chi connectivity index (χ0n) is 9.92. The number of hydrogen-bond donors (Lipinski definition) is 2. The Kier molecular flexibility index (Phi) is 4.06. The molecule has 2 aromatic heterocycles. The molecular formula is C11H14N4O2S. The smallest absolute Gasteiger partial charge is 0.324 e. The van der Waals surface area contributed by atoms with E-state index >= 15 is 0 Å². The lowest BCUT2D eigenvalue weighted by molar-refractivity contribution is -0.380. The van der Waals surface area contributed by atoms with Gasteiger partial charge in [0.25, 0.3) is 0 Å². The van der Waals surface area contributed by atoms with Crippen molar-refractivity contribution < 1.29 is 4.92 Å². The highest BCUT2D eigenvalue weighted by Crippen LogP contribution is 2.23.